The van der Waals surface area contributed by atoms with Crippen LogP contribution in [0.1, 0.15) is 27.7 Å². The Morgan fingerprint density at radius 1 is 1.10 bits per heavy atom. The molecule has 108 valence electrons. The van der Waals surface area contributed by atoms with Gasteiger partial charge in [0.2, 0.25) is 0 Å². The third-order valence-electron chi connectivity index (χ3n) is 3.74. The zero-order valence-corrected chi connectivity index (χ0v) is 12.9. The van der Waals surface area contributed by atoms with Crippen LogP contribution in [0, 0.1) is 19.7 Å². The van der Waals surface area contributed by atoms with Crippen molar-refractivity contribution in [2.75, 3.05) is 0 Å². The van der Waals surface area contributed by atoms with E-state index in [1.54, 1.807) is 6.07 Å². The smallest absolute Gasteiger partial charge is 0.123 e. The minimum atomic E-state index is -0.550. The highest BCUT2D eigenvalue weighted by molar-refractivity contribution is 7.19. The van der Waals surface area contributed by atoms with Gasteiger partial charge in [-0.25, -0.2) is 4.39 Å². The molecule has 2 aromatic carbocycles. The van der Waals surface area contributed by atoms with Gasteiger partial charge in [0.05, 0.1) is 6.10 Å². The SMILES string of the molecule is Cc1ccc(C)c(CC(O)c2cc3cc(F)ccc3s2)c1. The largest absolute Gasteiger partial charge is 0.387 e. The van der Waals surface area contributed by atoms with Crippen molar-refractivity contribution < 1.29 is 9.50 Å². The summed E-state index contributed by atoms with van der Waals surface area (Å²) in [6, 6.07) is 12.9. The summed E-state index contributed by atoms with van der Waals surface area (Å²) in [4.78, 5) is 0.886. The van der Waals surface area contributed by atoms with Crippen molar-refractivity contribution in [2.24, 2.45) is 0 Å². The minimum Gasteiger partial charge on any atom is -0.387 e. The summed E-state index contributed by atoms with van der Waals surface area (Å²) >= 11 is 1.53. The Labute approximate surface area is 127 Å². The average molecular weight is 300 g/mol. The highest BCUT2D eigenvalue weighted by atomic mass is 32.1. The van der Waals surface area contributed by atoms with Crippen LogP contribution in [-0.4, -0.2) is 5.11 Å². The van der Waals surface area contributed by atoms with Gasteiger partial charge in [-0.15, -0.1) is 11.3 Å². The number of halogens is 1. The maximum absolute atomic E-state index is 13.2. The molecule has 0 aliphatic rings. The molecule has 3 rings (SSSR count). The molecule has 0 spiro atoms. The fourth-order valence-electron chi connectivity index (χ4n) is 2.53. The van der Waals surface area contributed by atoms with Crippen molar-refractivity contribution in [3.05, 3.63) is 69.8 Å². The Bertz CT molecular complexity index is 791. The number of thiophene rings is 1. The molecule has 0 saturated carbocycles. The van der Waals surface area contributed by atoms with E-state index in [-0.39, 0.29) is 5.82 Å². The van der Waals surface area contributed by atoms with Gasteiger partial charge in [0.15, 0.2) is 0 Å². The third kappa shape index (κ3) is 2.99. The van der Waals surface area contributed by atoms with Crippen molar-refractivity contribution in [2.45, 2.75) is 26.4 Å². The van der Waals surface area contributed by atoms with Crippen molar-refractivity contribution >= 4 is 21.4 Å². The van der Waals surface area contributed by atoms with Gasteiger partial charge in [-0.1, -0.05) is 23.8 Å². The number of hydrogen-bond donors (Lipinski definition) is 1. The van der Waals surface area contributed by atoms with Crippen LogP contribution in [0.3, 0.4) is 0 Å². The van der Waals surface area contributed by atoms with Crippen LogP contribution in [0.15, 0.2) is 42.5 Å². The highest BCUT2D eigenvalue weighted by Crippen LogP contribution is 2.32. The van der Waals surface area contributed by atoms with E-state index in [4.69, 9.17) is 0 Å². The molecule has 0 saturated heterocycles. The van der Waals surface area contributed by atoms with Gasteiger partial charge in [0.1, 0.15) is 5.82 Å². The zero-order valence-electron chi connectivity index (χ0n) is 12.1. The topological polar surface area (TPSA) is 20.2 Å². The first-order chi connectivity index (χ1) is 10.0. The molecule has 0 aliphatic heterocycles. The van der Waals surface area contributed by atoms with E-state index in [9.17, 15) is 9.50 Å². The Morgan fingerprint density at radius 2 is 1.90 bits per heavy atom. The second kappa shape index (κ2) is 5.58. The number of benzene rings is 2. The van der Waals surface area contributed by atoms with Gasteiger partial charge in [0, 0.05) is 16.0 Å². The lowest BCUT2D eigenvalue weighted by Gasteiger charge is -2.11. The Hall–Kier alpha value is -1.71. The van der Waals surface area contributed by atoms with Crippen LogP contribution in [0.5, 0.6) is 0 Å². The zero-order chi connectivity index (χ0) is 15.0. The van der Waals surface area contributed by atoms with E-state index >= 15 is 0 Å². The van der Waals surface area contributed by atoms with Gasteiger partial charge in [-0.05, 0) is 54.6 Å². The van der Waals surface area contributed by atoms with Gasteiger partial charge in [0.25, 0.3) is 0 Å². The number of rotatable bonds is 3. The molecule has 1 N–H and O–H groups in total. The number of aliphatic hydroxyl groups is 1. The van der Waals surface area contributed by atoms with Gasteiger partial charge >= 0.3 is 0 Å². The van der Waals surface area contributed by atoms with E-state index in [0.29, 0.717) is 6.42 Å². The predicted molar refractivity (Wildman–Crippen MR) is 86.4 cm³/mol. The number of aryl methyl sites for hydroxylation is 2. The van der Waals surface area contributed by atoms with Gasteiger partial charge in [-0.2, -0.15) is 0 Å². The lowest BCUT2D eigenvalue weighted by Crippen LogP contribution is -2.01. The first kappa shape index (κ1) is 14.2. The molecule has 1 unspecified atom stereocenters. The quantitative estimate of drug-likeness (QED) is 0.727. The monoisotopic (exact) mass is 300 g/mol. The summed E-state index contributed by atoms with van der Waals surface area (Å²) in [6.07, 6.45) is 0.0361. The Balaban J connectivity index is 1.89. The molecule has 0 bridgehead atoms. The number of fused-ring (bicyclic) bond motifs is 1. The summed E-state index contributed by atoms with van der Waals surface area (Å²) in [5.41, 5.74) is 3.54. The van der Waals surface area contributed by atoms with Crippen molar-refractivity contribution in [1.82, 2.24) is 0 Å². The fraction of sp³-hybridized carbons (Fsp3) is 0.222. The molecule has 0 aliphatic carbocycles. The summed E-state index contributed by atoms with van der Waals surface area (Å²) in [7, 11) is 0. The summed E-state index contributed by atoms with van der Waals surface area (Å²) < 4.78 is 14.2. The summed E-state index contributed by atoms with van der Waals surface area (Å²) in [5.74, 6) is -0.240. The maximum Gasteiger partial charge on any atom is 0.123 e. The maximum atomic E-state index is 13.2. The molecule has 3 heteroatoms. The normalized spacial score (nSPS) is 12.8. The number of hydrogen-bond acceptors (Lipinski definition) is 2. The van der Waals surface area contributed by atoms with Crippen LogP contribution in [0.2, 0.25) is 0 Å². The molecule has 1 nitrogen and oxygen atoms in total. The van der Waals surface area contributed by atoms with Crippen molar-refractivity contribution in [3.8, 4) is 0 Å². The predicted octanol–water partition coefficient (Wildman–Crippen LogP) is 4.93. The molecule has 3 aromatic rings. The molecule has 1 heterocycles. The minimum absolute atomic E-state index is 0.240. The van der Waals surface area contributed by atoms with Crippen LogP contribution in [-0.2, 0) is 6.42 Å². The standard InChI is InChI=1S/C18H17FOS/c1-11-3-4-12(2)13(7-11)9-16(20)18-10-14-8-15(19)5-6-17(14)21-18/h3-8,10,16,20H,9H2,1-2H3. The lowest BCUT2D eigenvalue weighted by atomic mass is 9.99. The van der Waals surface area contributed by atoms with Gasteiger partial charge in [-0.3, -0.25) is 0 Å². The van der Waals surface area contributed by atoms with Crippen LogP contribution in [0.25, 0.3) is 10.1 Å². The van der Waals surface area contributed by atoms with Crippen LogP contribution in [0.4, 0.5) is 4.39 Å². The molecule has 21 heavy (non-hydrogen) atoms. The van der Waals surface area contributed by atoms with Gasteiger partial charge < -0.3 is 5.11 Å². The average Bonchev–Trinajstić information content (AvgIpc) is 2.86. The van der Waals surface area contributed by atoms with Crippen LogP contribution < -0.4 is 0 Å². The van der Waals surface area contributed by atoms with E-state index in [1.807, 2.05) is 6.07 Å². The number of aliphatic hydroxyl groups excluding tert-OH is 1. The lowest BCUT2D eigenvalue weighted by molar-refractivity contribution is 0.182. The van der Waals surface area contributed by atoms with E-state index in [2.05, 4.69) is 32.0 Å². The first-order valence-electron chi connectivity index (χ1n) is 6.96. The molecule has 1 aromatic heterocycles. The summed E-state index contributed by atoms with van der Waals surface area (Å²) in [5, 5.41) is 11.3. The second-order valence-corrected chi connectivity index (χ2v) is 6.60. The van der Waals surface area contributed by atoms with Crippen molar-refractivity contribution in [1.29, 1.82) is 0 Å². The Kier molecular flexibility index (Phi) is 3.79. The molecular formula is C18H17FOS. The highest BCUT2D eigenvalue weighted by Gasteiger charge is 2.14. The van der Waals surface area contributed by atoms with E-state index in [0.717, 1.165) is 20.5 Å². The van der Waals surface area contributed by atoms with Crippen molar-refractivity contribution in [3.63, 3.8) is 0 Å². The molecule has 0 radical (unpaired) electrons. The second-order valence-electron chi connectivity index (χ2n) is 5.48. The van der Waals surface area contributed by atoms with Crippen LogP contribution >= 0.6 is 11.3 Å². The fourth-order valence-corrected chi connectivity index (χ4v) is 3.56. The first-order valence-corrected chi connectivity index (χ1v) is 7.78. The third-order valence-corrected chi connectivity index (χ3v) is 4.96. The van der Waals surface area contributed by atoms with E-state index < -0.39 is 6.10 Å². The summed E-state index contributed by atoms with van der Waals surface area (Å²) in [6.45, 7) is 4.11. The molecular weight excluding hydrogens is 283 g/mol. The molecule has 0 fully saturated rings. The molecule has 1 atom stereocenters. The van der Waals surface area contributed by atoms with E-state index in [1.165, 1.54) is 34.6 Å². The molecule has 0 amide bonds. The Morgan fingerprint density at radius 3 is 2.71 bits per heavy atom.